The Balaban J connectivity index is 1.87. The molecule has 2 atom stereocenters. The van der Waals surface area contributed by atoms with E-state index in [0.717, 1.165) is 26.1 Å². The van der Waals surface area contributed by atoms with E-state index in [-0.39, 0.29) is 12.1 Å². The van der Waals surface area contributed by atoms with Gasteiger partial charge in [0.1, 0.15) is 0 Å². The van der Waals surface area contributed by atoms with E-state index in [0.29, 0.717) is 0 Å². The first kappa shape index (κ1) is 11.1. The molecular formula is C11H18N2OS. The monoisotopic (exact) mass is 226 g/mol. The van der Waals surface area contributed by atoms with Crippen molar-refractivity contribution in [2.75, 3.05) is 26.7 Å². The molecular weight excluding hydrogens is 208 g/mol. The second-order valence-corrected chi connectivity index (χ2v) is 4.95. The SMILES string of the molecule is CN1CCOC(C(N)Cc2ccsc2)C1. The summed E-state index contributed by atoms with van der Waals surface area (Å²) in [6.07, 6.45) is 1.10. The summed E-state index contributed by atoms with van der Waals surface area (Å²) in [6.45, 7) is 2.77. The molecule has 3 nitrogen and oxygen atoms in total. The molecule has 2 rings (SSSR count). The van der Waals surface area contributed by atoms with Gasteiger partial charge in [-0.15, -0.1) is 0 Å². The number of nitrogens with zero attached hydrogens (tertiary/aromatic N) is 1. The van der Waals surface area contributed by atoms with Crippen LogP contribution in [0, 0.1) is 0 Å². The average molecular weight is 226 g/mol. The molecule has 1 aromatic rings. The second kappa shape index (κ2) is 5.07. The number of rotatable bonds is 3. The van der Waals surface area contributed by atoms with Gasteiger partial charge in [-0.05, 0) is 35.9 Å². The number of ether oxygens (including phenoxy) is 1. The highest BCUT2D eigenvalue weighted by atomic mass is 32.1. The number of thiophene rings is 1. The Bertz CT molecular complexity index is 289. The minimum atomic E-state index is 0.113. The fourth-order valence-corrected chi connectivity index (χ4v) is 2.56. The van der Waals surface area contributed by atoms with E-state index in [1.165, 1.54) is 5.56 Å². The molecule has 1 aliphatic rings. The van der Waals surface area contributed by atoms with E-state index in [1.807, 2.05) is 0 Å². The van der Waals surface area contributed by atoms with Gasteiger partial charge in [-0.25, -0.2) is 0 Å². The van der Waals surface area contributed by atoms with Gasteiger partial charge in [0.25, 0.3) is 0 Å². The van der Waals surface area contributed by atoms with Crippen molar-refractivity contribution in [3.8, 4) is 0 Å². The van der Waals surface area contributed by atoms with Crippen molar-refractivity contribution in [2.24, 2.45) is 5.73 Å². The predicted octanol–water partition coefficient (Wildman–Crippen LogP) is 0.949. The summed E-state index contributed by atoms with van der Waals surface area (Å²) in [4.78, 5) is 2.28. The van der Waals surface area contributed by atoms with Crippen LogP contribution < -0.4 is 5.73 Å². The van der Waals surface area contributed by atoms with Crippen molar-refractivity contribution in [1.82, 2.24) is 4.90 Å². The molecule has 1 fully saturated rings. The molecule has 1 saturated heterocycles. The summed E-state index contributed by atoms with van der Waals surface area (Å²) < 4.78 is 5.70. The molecule has 0 aliphatic carbocycles. The van der Waals surface area contributed by atoms with Gasteiger partial charge < -0.3 is 15.4 Å². The Morgan fingerprint density at radius 1 is 1.73 bits per heavy atom. The van der Waals surface area contributed by atoms with Crippen LogP contribution in [0.2, 0.25) is 0 Å². The lowest BCUT2D eigenvalue weighted by Gasteiger charge is -2.33. The highest BCUT2D eigenvalue weighted by Gasteiger charge is 2.24. The van der Waals surface area contributed by atoms with Gasteiger partial charge in [0.15, 0.2) is 0 Å². The van der Waals surface area contributed by atoms with Crippen LogP contribution in [0.25, 0.3) is 0 Å². The zero-order valence-electron chi connectivity index (χ0n) is 9.06. The first-order valence-corrected chi connectivity index (χ1v) is 6.27. The Morgan fingerprint density at radius 2 is 2.60 bits per heavy atom. The molecule has 84 valence electrons. The number of nitrogens with two attached hydrogens (primary N) is 1. The number of hydrogen-bond acceptors (Lipinski definition) is 4. The van der Waals surface area contributed by atoms with E-state index < -0.39 is 0 Å². The Hall–Kier alpha value is -0.420. The zero-order chi connectivity index (χ0) is 10.7. The normalized spacial score (nSPS) is 25.3. The summed E-state index contributed by atoms with van der Waals surface area (Å²) in [7, 11) is 2.12. The van der Waals surface area contributed by atoms with Crippen LogP contribution in [-0.4, -0.2) is 43.8 Å². The lowest BCUT2D eigenvalue weighted by atomic mass is 10.0. The molecule has 1 aliphatic heterocycles. The van der Waals surface area contributed by atoms with E-state index >= 15 is 0 Å². The van der Waals surface area contributed by atoms with Crippen molar-refractivity contribution >= 4 is 11.3 Å². The summed E-state index contributed by atoms with van der Waals surface area (Å²) in [5, 5.41) is 4.25. The lowest BCUT2D eigenvalue weighted by molar-refractivity contribution is -0.0319. The first-order valence-electron chi connectivity index (χ1n) is 5.32. The van der Waals surface area contributed by atoms with E-state index in [4.69, 9.17) is 10.5 Å². The van der Waals surface area contributed by atoms with Gasteiger partial charge in [-0.1, -0.05) is 0 Å². The molecule has 0 saturated carbocycles. The molecule has 0 aromatic carbocycles. The zero-order valence-corrected chi connectivity index (χ0v) is 9.87. The van der Waals surface area contributed by atoms with Gasteiger partial charge >= 0.3 is 0 Å². The largest absolute Gasteiger partial charge is 0.374 e. The van der Waals surface area contributed by atoms with Crippen LogP contribution in [0.4, 0.5) is 0 Å². The van der Waals surface area contributed by atoms with Crippen molar-refractivity contribution in [2.45, 2.75) is 18.6 Å². The fourth-order valence-electron chi connectivity index (χ4n) is 1.88. The number of morpholine rings is 1. The van der Waals surface area contributed by atoms with Gasteiger partial charge in [0, 0.05) is 19.1 Å². The second-order valence-electron chi connectivity index (χ2n) is 4.17. The van der Waals surface area contributed by atoms with Gasteiger partial charge in [0.05, 0.1) is 12.7 Å². The summed E-state index contributed by atoms with van der Waals surface area (Å²) in [5.74, 6) is 0. The van der Waals surface area contributed by atoms with E-state index in [2.05, 4.69) is 28.8 Å². The van der Waals surface area contributed by atoms with Gasteiger partial charge in [-0.3, -0.25) is 0 Å². The third-order valence-corrected chi connectivity index (χ3v) is 3.56. The maximum Gasteiger partial charge on any atom is 0.0856 e. The van der Waals surface area contributed by atoms with Gasteiger partial charge in [-0.2, -0.15) is 11.3 Å². The maximum atomic E-state index is 6.15. The molecule has 15 heavy (non-hydrogen) atoms. The summed E-state index contributed by atoms with van der Waals surface area (Å²) in [6, 6.07) is 2.25. The van der Waals surface area contributed by atoms with E-state index in [9.17, 15) is 0 Å². The minimum Gasteiger partial charge on any atom is -0.374 e. The van der Waals surface area contributed by atoms with Crippen LogP contribution in [-0.2, 0) is 11.2 Å². The van der Waals surface area contributed by atoms with Gasteiger partial charge in [0.2, 0.25) is 0 Å². The summed E-state index contributed by atoms with van der Waals surface area (Å²) >= 11 is 1.72. The first-order chi connectivity index (χ1) is 7.25. The van der Waals surface area contributed by atoms with Crippen molar-refractivity contribution in [1.29, 1.82) is 0 Å². The van der Waals surface area contributed by atoms with E-state index in [1.54, 1.807) is 11.3 Å². The molecule has 4 heteroatoms. The molecule has 0 spiro atoms. The molecule has 2 N–H and O–H groups in total. The van der Waals surface area contributed by atoms with Crippen LogP contribution >= 0.6 is 11.3 Å². The number of hydrogen-bond donors (Lipinski definition) is 1. The van der Waals surface area contributed by atoms with Crippen LogP contribution in [0.3, 0.4) is 0 Å². The Kier molecular flexibility index (Phi) is 3.75. The molecule has 1 aromatic heterocycles. The minimum absolute atomic E-state index is 0.113. The highest BCUT2D eigenvalue weighted by Crippen LogP contribution is 2.13. The quantitative estimate of drug-likeness (QED) is 0.834. The lowest BCUT2D eigenvalue weighted by Crippen LogP contribution is -2.50. The topological polar surface area (TPSA) is 38.5 Å². The third-order valence-electron chi connectivity index (χ3n) is 2.83. The summed E-state index contributed by atoms with van der Waals surface area (Å²) in [5.41, 5.74) is 7.48. The average Bonchev–Trinajstić information content (AvgIpc) is 2.70. The molecule has 0 amide bonds. The Labute approximate surface area is 94.8 Å². The third kappa shape index (κ3) is 3.01. The fraction of sp³-hybridized carbons (Fsp3) is 0.636. The van der Waals surface area contributed by atoms with Crippen LogP contribution in [0.15, 0.2) is 16.8 Å². The van der Waals surface area contributed by atoms with Crippen molar-refractivity contribution < 1.29 is 4.74 Å². The van der Waals surface area contributed by atoms with Crippen molar-refractivity contribution in [3.05, 3.63) is 22.4 Å². The number of likely N-dealkylation sites (N-methyl/N-ethyl adjacent to an activating group) is 1. The molecule has 0 bridgehead atoms. The van der Waals surface area contributed by atoms with Crippen molar-refractivity contribution in [3.63, 3.8) is 0 Å². The smallest absolute Gasteiger partial charge is 0.0856 e. The van der Waals surface area contributed by atoms with Crippen LogP contribution in [0.1, 0.15) is 5.56 Å². The maximum absolute atomic E-state index is 6.15. The standard InChI is InChI=1S/C11H18N2OS/c1-13-3-4-14-11(7-13)10(12)6-9-2-5-15-8-9/h2,5,8,10-11H,3-4,6-7,12H2,1H3. The highest BCUT2D eigenvalue weighted by molar-refractivity contribution is 7.07. The molecule has 2 unspecified atom stereocenters. The molecule has 2 heterocycles. The van der Waals surface area contributed by atoms with Crippen LogP contribution in [0.5, 0.6) is 0 Å². The predicted molar refractivity (Wildman–Crippen MR) is 63.2 cm³/mol. The molecule has 0 radical (unpaired) electrons. The Morgan fingerprint density at radius 3 is 3.27 bits per heavy atom.